The van der Waals surface area contributed by atoms with E-state index in [1.54, 1.807) is 0 Å². The molecule has 0 spiro atoms. The Hall–Kier alpha value is -1.10. The Morgan fingerprint density at radius 2 is 2.31 bits per heavy atom. The summed E-state index contributed by atoms with van der Waals surface area (Å²) in [6.45, 7) is 7.25. The molecule has 1 aliphatic heterocycles. The van der Waals surface area contributed by atoms with E-state index < -0.39 is 0 Å². The van der Waals surface area contributed by atoms with E-state index >= 15 is 0 Å². The summed E-state index contributed by atoms with van der Waals surface area (Å²) in [5.74, 6) is 0.225. The van der Waals surface area contributed by atoms with Crippen LogP contribution >= 0.6 is 0 Å². The van der Waals surface area contributed by atoms with Gasteiger partial charge in [0.2, 0.25) is 5.91 Å². The van der Waals surface area contributed by atoms with Crippen molar-refractivity contribution in [2.24, 2.45) is 16.8 Å². The maximum Gasteiger partial charge on any atom is 0.217 e. The molecule has 1 heterocycles. The highest BCUT2D eigenvalue weighted by Crippen LogP contribution is 2.18. The summed E-state index contributed by atoms with van der Waals surface area (Å²) in [4.78, 5) is 18.2. The zero-order chi connectivity index (χ0) is 12.0. The SMILES string of the molecule is CC(C)=NOCCN1CC[C@@H](CC(N)=O)C1. The molecule has 0 bridgehead atoms. The van der Waals surface area contributed by atoms with Crippen molar-refractivity contribution in [2.75, 3.05) is 26.2 Å². The number of hydrogen-bond acceptors (Lipinski definition) is 4. The minimum Gasteiger partial charge on any atom is -0.395 e. The van der Waals surface area contributed by atoms with Crippen LogP contribution in [-0.2, 0) is 9.63 Å². The first-order chi connectivity index (χ1) is 7.58. The van der Waals surface area contributed by atoms with Crippen molar-refractivity contribution in [1.29, 1.82) is 0 Å². The Morgan fingerprint density at radius 3 is 2.94 bits per heavy atom. The van der Waals surface area contributed by atoms with E-state index in [4.69, 9.17) is 10.6 Å². The maximum atomic E-state index is 10.8. The monoisotopic (exact) mass is 227 g/mol. The van der Waals surface area contributed by atoms with Crippen LogP contribution in [-0.4, -0.2) is 42.8 Å². The van der Waals surface area contributed by atoms with Gasteiger partial charge in [0.1, 0.15) is 6.61 Å². The lowest BCUT2D eigenvalue weighted by Crippen LogP contribution is -2.26. The molecule has 0 aromatic carbocycles. The molecule has 1 rings (SSSR count). The largest absolute Gasteiger partial charge is 0.395 e. The molecule has 0 radical (unpaired) electrons. The van der Waals surface area contributed by atoms with Gasteiger partial charge in [-0.15, -0.1) is 0 Å². The topological polar surface area (TPSA) is 67.9 Å². The van der Waals surface area contributed by atoms with Gasteiger partial charge < -0.3 is 10.6 Å². The van der Waals surface area contributed by atoms with Gasteiger partial charge in [-0.3, -0.25) is 9.69 Å². The fourth-order valence-electron chi connectivity index (χ4n) is 1.91. The average Bonchev–Trinajstić information content (AvgIpc) is 2.59. The molecular weight excluding hydrogens is 206 g/mol. The fraction of sp³-hybridized carbons (Fsp3) is 0.818. The number of rotatable bonds is 6. The number of primary amides is 1. The number of oxime groups is 1. The average molecular weight is 227 g/mol. The predicted molar refractivity (Wildman–Crippen MR) is 63.1 cm³/mol. The van der Waals surface area contributed by atoms with Gasteiger partial charge in [0.25, 0.3) is 0 Å². The number of amides is 1. The first-order valence-electron chi connectivity index (χ1n) is 5.71. The third kappa shape index (κ3) is 5.11. The molecular formula is C11H21N3O2. The highest BCUT2D eigenvalue weighted by Gasteiger charge is 2.23. The van der Waals surface area contributed by atoms with E-state index in [1.165, 1.54) is 0 Å². The van der Waals surface area contributed by atoms with Crippen molar-refractivity contribution in [3.8, 4) is 0 Å². The normalized spacial score (nSPS) is 20.8. The molecule has 16 heavy (non-hydrogen) atoms. The molecule has 0 saturated carbocycles. The van der Waals surface area contributed by atoms with Crippen LogP contribution in [0.2, 0.25) is 0 Å². The van der Waals surface area contributed by atoms with Crippen LogP contribution in [0, 0.1) is 5.92 Å². The fourth-order valence-corrected chi connectivity index (χ4v) is 1.91. The van der Waals surface area contributed by atoms with Crippen molar-refractivity contribution in [1.82, 2.24) is 4.90 Å². The molecule has 5 heteroatoms. The summed E-state index contributed by atoms with van der Waals surface area (Å²) in [7, 11) is 0. The van der Waals surface area contributed by atoms with Crippen molar-refractivity contribution in [2.45, 2.75) is 26.7 Å². The van der Waals surface area contributed by atoms with E-state index in [-0.39, 0.29) is 5.91 Å². The molecule has 0 aromatic rings. The maximum absolute atomic E-state index is 10.8. The van der Waals surface area contributed by atoms with Gasteiger partial charge in [-0.05, 0) is 32.7 Å². The Bertz CT molecular complexity index is 262. The van der Waals surface area contributed by atoms with Crippen LogP contribution in [0.25, 0.3) is 0 Å². The minimum absolute atomic E-state index is 0.200. The Balaban J connectivity index is 2.12. The molecule has 92 valence electrons. The second-order valence-electron chi connectivity index (χ2n) is 4.50. The lowest BCUT2D eigenvalue weighted by Gasteiger charge is -2.14. The standard InChI is InChI=1S/C11H21N3O2/c1-9(2)13-16-6-5-14-4-3-10(8-14)7-11(12)15/h10H,3-8H2,1-2H3,(H2,12,15)/t10-/m0/s1. The number of carbonyl (C=O) groups is 1. The van der Waals surface area contributed by atoms with E-state index in [9.17, 15) is 4.79 Å². The van der Waals surface area contributed by atoms with Gasteiger partial charge in [0.05, 0.1) is 5.71 Å². The summed E-state index contributed by atoms with van der Waals surface area (Å²) < 4.78 is 0. The lowest BCUT2D eigenvalue weighted by molar-refractivity contribution is -0.118. The number of hydrogen-bond donors (Lipinski definition) is 1. The number of likely N-dealkylation sites (tertiary alicyclic amines) is 1. The van der Waals surface area contributed by atoms with Gasteiger partial charge in [0, 0.05) is 19.5 Å². The van der Waals surface area contributed by atoms with Gasteiger partial charge >= 0.3 is 0 Å². The van der Waals surface area contributed by atoms with Gasteiger partial charge in [-0.1, -0.05) is 5.16 Å². The summed E-state index contributed by atoms with van der Waals surface area (Å²) >= 11 is 0. The van der Waals surface area contributed by atoms with E-state index in [0.717, 1.165) is 31.8 Å². The summed E-state index contributed by atoms with van der Waals surface area (Å²) in [6, 6.07) is 0. The highest BCUT2D eigenvalue weighted by molar-refractivity contribution is 5.78. The third-order valence-corrected chi connectivity index (χ3v) is 2.61. The highest BCUT2D eigenvalue weighted by atomic mass is 16.6. The summed E-state index contributed by atoms with van der Waals surface area (Å²) in [5, 5.41) is 3.87. The quantitative estimate of drug-likeness (QED) is 0.410. The minimum atomic E-state index is -0.200. The smallest absolute Gasteiger partial charge is 0.217 e. The number of nitrogens with zero attached hydrogens (tertiary/aromatic N) is 2. The Kier molecular flexibility index (Phi) is 5.25. The number of nitrogens with two attached hydrogens (primary N) is 1. The van der Waals surface area contributed by atoms with Gasteiger partial charge in [-0.25, -0.2) is 0 Å². The lowest BCUT2D eigenvalue weighted by atomic mass is 10.1. The molecule has 1 saturated heterocycles. The van der Waals surface area contributed by atoms with Crippen molar-refractivity contribution >= 4 is 11.6 Å². The molecule has 2 N–H and O–H groups in total. The zero-order valence-electron chi connectivity index (χ0n) is 10.1. The molecule has 1 atom stereocenters. The second-order valence-corrected chi connectivity index (χ2v) is 4.50. The predicted octanol–water partition coefficient (Wildman–Crippen LogP) is 0.596. The first kappa shape index (κ1) is 13.0. The van der Waals surface area contributed by atoms with Crippen LogP contribution < -0.4 is 5.73 Å². The summed E-state index contributed by atoms with van der Waals surface area (Å²) in [6.07, 6.45) is 1.56. The third-order valence-electron chi connectivity index (χ3n) is 2.61. The molecule has 1 fully saturated rings. The molecule has 1 aliphatic rings. The zero-order valence-corrected chi connectivity index (χ0v) is 10.1. The molecule has 0 aromatic heterocycles. The van der Waals surface area contributed by atoms with Gasteiger partial charge in [-0.2, -0.15) is 0 Å². The van der Waals surface area contributed by atoms with E-state index in [2.05, 4.69) is 10.1 Å². The van der Waals surface area contributed by atoms with Crippen LogP contribution in [0.1, 0.15) is 26.7 Å². The molecule has 5 nitrogen and oxygen atoms in total. The Morgan fingerprint density at radius 1 is 1.56 bits per heavy atom. The Labute approximate surface area is 96.6 Å². The van der Waals surface area contributed by atoms with Crippen LogP contribution in [0.5, 0.6) is 0 Å². The van der Waals surface area contributed by atoms with Crippen LogP contribution in [0.4, 0.5) is 0 Å². The van der Waals surface area contributed by atoms with Crippen molar-refractivity contribution in [3.63, 3.8) is 0 Å². The van der Waals surface area contributed by atoms with Crippen LogP contribution in [0.15, 0.2) is 5.16 Å². The molecule has 0 unspecified atom stereocenters. The molecule has 0 aliphatic carbocycles. The van der Waals surface area contributed by atoms with Crippen molar-refractivity contribution in [3.05, 3.63) is 0 Å². The molecule has 1 amide bonds. The first-order valence-corrected chi connectivity index (χ1v) is 5.71. The number of carbonyl (C=O) groups excluding carboxylic acids is 1. The van der Waals surface area contributed by atoms with Crippen LogP contribution in [0.3, 0.4) is 0 Å². The van der Waals surface area contributed by atoms with Gasteiger partial charge in [0.15, 0.2) is 0 Å². The van der Waals surface area contributed by atoms with Crippen molar-refractivity contribution < 1.29 is 9.63 Å². The second kappa shape index (κ2) is 6.48. The summed E-state index contributed by atoms with van der Waals surface area (Å²) in [5.41, 5.74) is 6.10. The van der Waals surface area contributed by atoms with E-state index in [1.807, 2.05) is 13.8 Å². The van der Waals surface area contributed by atoms with E-state index in [0.29, 0.717) is 18.9 Å².